The monoisotopic (exact) mass is 334 g/mol. The zero-order valence-corrected chi connectivity index (χ0v) is 14.6. The molecule has 1 heterocycles. The van der Waals surface area contributed by atoms with Gasteiger partial charge in [-0.25, -0.2) is 4.39 Å². The van der Waals surface area contributed by atoms with E-state index in [0.717, 1.165) is 28.8 Å². The minimum absolute atomic E-state index is 0.0880. The Morgan fingerprint density at radius 3 is 2.32 bits per heavy atom. The summed E-state index contributed by atoms with van der Waals surface area (Å²) in [6.07, 6.45) is 2.55. The first-order valence-electron chi connectivity index (χ1n) is 8.48. The Bertz CT molecular complexity index is 826. The molecule has 0 fully saturated rings. The quantitative estimate of drug-likeness (QED) is 0.700. The molecule has 1 unspecified atom stereocenters. The maximum atomic E-state index is 13.2. The van der Waals surface area contributed by atoms with Gasteiger partial charge in [-0.15, -0.1) is 0 Å². The number of pyridine rings is 1. The van der Waals surface area contributed by atoms with Crippen molar-refractivity contribution in [2.24, 2.45) is 11.1 Å². The predicted octanol–water partition coefficient (Wildman–Crippen LogP) is 5.16. The molecule has 1 atom stereocenters. The van der Waals surface area contributed by atoms with Crippen LogP contribution in [0, 0.1) is 11.2 Å². The van der Waals surface area contributed by atoms with Gasteiger partial charge in [0.25, 0.3) is 0 Å². The van der Waals surface area contributed by atoms with E-state index < -0.39 is 0 Å². The van der Waals surface area contributed by atoms with Crippen LogP contribution < -0.4 is 5.73 Å². The van der Waals surface area contributed by atoms with Gasteiger partial charge in [0, 0.05) is 17.8 Å². The topological polar surface area (TPSA) is 38.9 Å². The molecule has 2 aromatic carbocycles. The van der Waals surface area contributed by atoms with Gasteiger partial charge < -0.3 is 5.73 Å². The lowest BCUT2D eigenvalue weighted by Crippen LogP contribution is -2.31. The molecule has 128 valence electrons. The fraction of sp³-hybridized carbons (Fsp3) is 0.227. The molecule has 0 aliphatic heterocycles. The average Bonchev–Trinajstić information content (AvgIpc) is 2.63. The maximum absolute atomic E-state index is 13.2. The van der Waals surface area contributed by atoms with Crippen LogP contribution in [0.4, 0.5) is 4.39 Å². The number of hydrogen-bond donors (Lipinski definition) is 1. The number of nitrogens with two attached hydrogens (primary N) is 1. The van der Waals surface area contributed by atoms with Crippen molar-refractivity contribution in [3.63, 3.8) is 0 Å². The normalized spacial score (nSPS) is 12.8. The summed E-state index contributed by atoms with van der Waals surface area (Å²) in [6.45, 7) is 4.35. The van der Waals surface area contributed by atoms with Crippen molar-refractivity contribution in [1.29, 1.82) is 0 Å². The van der Waals surface area contributed by atoms with Crippen LogP contribution in [-0.2, 0) is 6.42 Å². The molecule has 2 N–H and O–H groups in total. The lowest BCUT2D eigenvalue weighted by Gasteiger charge is -2.32. The summed E-state index contributed by atoms with van der Waals surface area (Å²) in [5, 5.41) is 0. The van der Waals surface area contributed by atoms with Gasteiger partial charge in [-0.05, 0) is 53.3 Å². The molecule has 0 aliphatic rings. The van der Waals surface area contributed by atoms with E-state index in [1.54, 1.807) is 18.3 Å². The Kier molecular flexibility index (Phi) is 4.95. The standard InChI is InChI=1S/C22H23FN2/c1-22(2,21(24)17-7-4-3-5-8-17)15-18-9-6-14-25-20(18)16-10-12-19(23)13-11-16/h3-14,21H,15,24H2,1-2H3. The first-order valence-corrected chi connectivity index (χ1v) is 8.48. The number of benzene rings is 2. The highest BCUT2D eigenvalue weighted by atomic mass is 19.1. The molecule has 3 heteroatoms. The Hall–Kier alpha value is -2.52. The van der Waals surface area contributed by atoms with E-state index in [0.29, 0.717) is 0 Å². The van der Waals surface area contributed by atoms with Crippen molar-refractivity contribution in [3.05, 3.63) is 89.9 Å². The van der Waals surface area contributed by atoms with Gasteiger partial charge in [0.1, 0.15) is 5.82 Å². The molecular weight excluding hydrogens is 311 g/mol. The van der Waals surface area contributed by atoms with Crippen LogP contribution in [0.15, 0.2) is 72.9 Å². The summed E-state index contributed by atoms with van der Waals surface area (Å²) >= 11 is 0. The molecule has 25 heavy (non-hydrogen) atoms. The van der Waals surface area contributed by atoms with Crippen LogP contribution in [-0.4, -0.2) is 4.98 Å². The second kappa shape index (κ2) is 7.16. The van der Waals surface area contributed by atoms with Crippen LogP contribution in [0.3, 0.4) is 0 Å². The van der Waals surface area contributed by atoms with E-state index in [-0.39, 0.29) is 17.3 Å². The Morgan fingerprint density at radius 1 is 0.960 bits per heavy atom. The minimum atomic E-state index is -0.243. The van der Waals surface area contributed by atoms with E-state index in [9.17, 15) is 4.39 Å². The number of hydrogen-bond acceptors (Lipinski definition) is 2. The molecule has 0 aliphatic carbocycles. The molecule has 0 saturated carbocycles. The number of aromatic nitrogens is 1. The molecule has 1 aromatic heterocycles. The third kappa shape index (κ3) is 3.94. The first kappa shape index (κ1) is 17.3. The molecule has 0 amide bonds. The average molecular weight is 334 g/mol. The third-order valence-corrected chi connectivity index (χ3v) is 4.66. The summed E-state index contributed by atoms with van der Waals surface area (Å²) in [7, 11) is 0. The molecule has 0 bridgehead atoms. The Labute approximate surface area is 148 Å². The van der Waals surface area contributed by atoms with Gasteiger partial charge in [0.2, 0.25) is 0 Å². The van der Waals surface area contributed by atoms with Crippen molar-refractivity contribution in [2.45, 2.75) is 26.3 Å². The highest BCUT2D eigenvalue weighted by Gasteiger charge is 2.29. The summed E-state index contributed by atoms with van der Waals surface area (Å²) in [5.41, 5.74) is 10.4. The van der Waals surface area contributed by atoms with Gasteiger partial charge in [-0.2, -0.15) is 0 Å². The number of halogens is 1. The van der Waals surface area contributed by atoms with Crippen LogP contribution in [0.1, 0.15) is 31.0 Å². The Morgan fingerprint density at radius 2 is 1.64 bits per heavy atom. The van der Waals surface area contributed by atoms with Gasteiger partial charge in [0.05, 0.1) is 5.69 Å². The van der Waals surface area contributed by atoms with Crippen LogP contribution in [0.25, 0.3) is 11.3 Å². The molecular formula is C22H23FN2. The second-order valence-corrected chi connectivity index (χ2v) is 7.07. The van der Waals surface area contributed by atoms with Crippen molar-refractivity contribution in [2.75, 3.05) is 0 Å². The van der Waals surface area contributed by atoms with Crippen LogP contribution in [0.5, 0.6) is 0 Å². The lowest BCUT2D eigenvalue weighted by atomic mass is 9.76. The van der Waals surface area contributed by atoms with Gasteiger partial charge in [0.15, 0.2) is 0 Å². The third-order valence-electron chi connectivity index (χ3n) is 4.66. The first-order chi connectivity index (χ1) is 12.0. The predicted molar refractivity (Wildman–Crippen MR) is 100 cm³/mol. The second-order valence-electron chi connectivity index (χ2n) is 7.07. The van der Waals surface area contributed by atoms with E-state index in [1.807, 2.05) is 24.3 Å². The summed E-state index contributed by atoms with van der Waals surface area (Å²) in [4.78, 5) is 4.53. The van der Waals surface area contributed by atoms with Crippen molar-refractivity contribution in [3.8, 4) is 11.3 Å². The van der Waals surface area contributed by atoms with Gasteiger partial charge in [-0.1, -0.05) is 50.2 Å². The molecule has 0 saturated heterocycles. The molecule has 3 rings (SSSR count). The highest BCUT2D eigenvalue weighted by molar-refractivity contribution is 5.63. The smallest absolute Gasteiger partial charge is 0.123 e. The fourth-order valence-electron chi connectivity index (χ4n) is 3.16. The zero-order chi connectivity index (χ0) is 17.9. The largest absolute Gasteiger partial charge is 0.323 e. The van der Waals surface area contributed by atoms with Crippen LogP contribution >= 0.6 is 0 Å². The lowest BCUT2D eigenvalue weighted by molar-refractivity contribution is 0.287. The molecule has 0 spiro atoms. The van der Waals surface area contributed by atoms with E-state index in [4.69, 9.17) is 5.73 Å². The van der Waals surface area contributed by atoms with Crippen LogP contribution in [0.2, 0.25) is 0 Å². The summed E-state index contributed by atoms with van der Waals surface area (Å²) < 4.78 is 13.2. The SMILES string of the molecule is CC(C)(Cc1cccnc1-c1ccc(F)cc1)C(N)c1ccccc1. The van der Waals surface area contributed by atoms with Gasteiger partial charge >= 0.3 is 0 Å². The summed E-state index contributed by atoms with van der Waals surface area (Å²) in [6, 6.07) is 20.6. The van der Waals surface area contributed by atoms with E-state index >= 15 is 0 Å². The van der Waals surface area contributed by atoms with Crippen molar-refractivity contribution in [1.82, 2.24) is 4.98 Å². The maximum Gasteiger partial charge on any atom is 0.123 e. The zero-order valence-electron chi connectivity index (χ0n) is 14.6. The van der Waals surface area contributed by atoms with Gasteiger partial charge in [-0.3, -0.25) is 4.98 Å². The van der Waals surface area contributed by atoms with Crippen molar-refractivity contribution >= 4 is 0 Å². The number of rotatable bonds is 5. The highest BCUT2D eigenvalue weighted by Crippen LogP contribution is 2.36. The fourth-order valence-corrected chi connectivity index (χ4v) is 3.16. The van der Waals surface area contributed by atoms with E-state index in [1.165, 1.54) is 12.1 Å². The summed E-state index contributed by atoms with van der Waals surface area (Å²) in [5.74, 6) is -0.243. The molecule has 2 nitrogen and oxygen atoms in total. The van der Waals surface area contributed by atoms with E-state index in [2.05, 4.69) is 37.0 Å². The molecule has 3 aromatic rings. The Balaban J connectivity index is 1.91. The minimum Gasteiger partial charge on any atom is -0.323 e. The van der Waals surface area contributed by atoms with Crippen molar-refractivity contribution < 1.29 is 4.39 Å². The molecule has 0 radical (unpaired) electrons. The number of nitrogens with zero attached hydrogens (tertiary/aromatic N) is 1.